The van der Waals surface area contributed by atoms with Crippen molar-refractivity contribution in [2.24, 2.45) is 11.7 Å². The summed E-state index contributed by atoms with van der Waals surface area (Å²) in [6, 6.07) is 6.03. The molecule has 25 heavy (non-hydrogen) atoms. The molecule has 0 bridgehead atoms. The number of morpholine rings is 1. The topological polar surface area (TPSA) is 58.8 Å². The summed E-state index contributed by atoms with van der Waals surface area (Å²) in [7, 11) is 0. The van der Waals surface area contributed by atoms with Crippen LogP contribution in [-0.4, -0.2) is 61.1 Å². The SMILES string of the molecule is C[C@H](N)[C@H]1CCCN(C(=O)[C@@H](c2cccc(F)c2)N2CCOCC2)C1. The summed E-state index contributed by atoms with van der Waals surface area (Å²) >= 11 is 0. The predicted octanol–water partition coefficient (Wildman–Crippen LogP) is 1.78. The Morgan fingerprint density at radius 2 is 2.08 bits per heavy atom. The third-order valence-corrected chi connectivity index (χ3v) is 5.32. The monoisotopic (exact) mass is 349 g/mol. The van der Waals surface area contributed by atoms with Gasteiger partial charge in [-0.3, -0.25) is 9.69 Å². The first-order valence-electron chi connectivity index (χ1n) is 9.18. The van der Waals surface area contributed by atoms with Crippen LogP contribution in [0.2, 0.25) is 0 Å². The van der Waals surface area contributed by atoms with E-state index in [2.05, 4.69) is 4.90 Å². The average molecular weight is 349 g/mol. The molecule has 2 aliphatic rings. The van der Waals surface area contributed by atoms with Crippen molar-refractivity contribution in [3.63, 3.8) is 0 Å². The maximum atomic E-state index is 13.8. The third kappa shape index (κ3) is 4.37. The molecular formula is C19H28FN3O2. The van der Waals surface area contributed by atoms with Gasteiger partial charge in [0, 0.05) is 32.2 Å². The summed E-state index contributed by atoms with van der Waals surface area (Å²) in [5.41, 5.74) is 6.78. The van der Waals surface area contributed by atoms with E-state index in [4.69, 9.17) is 10.5 Å². The highest BCUT2D eigenvalue weighted by atomic mass is 19.1. The molecule has 2 heterocycles. The molecule has 1 amide bonds. The van der Waals surface area contributed by atoms with Crippen molar-refractivity contribution in [1.29, 1.82) is 0 Å². The smallest absolute Gasteiger partial charge is 0.244 e. The fourth-order valence-corrected chi connectivity index (χ4v) is 3.83. The van der Waals surface area contributed by atoms with Crippen LogP contribution in [0.3, 0.4) is 0 Å². The summed E-state index contributed by atoms with van der Waals surface area (Å²) in [6.07, 6.45) is 2.03. The van der Waals surface area contributed by atoms with Crippen molar-refractivity contribution in [2.45, 2.75) is 31.8 Å². The first kappa shape index (κ1) is 18.3. The van der Waals surface area contributed by atoms with Crippen molar-refractivity contribution in [1.82, 2.24) is 9.80 Å². The molecule has 2 N–H and O–H groups in total. The van der Waals surface area contributed by atoms with Crippen LogP contribution in [0, 0.1) is 11.7 Å². The second-order valence-corrected chi connectivity index (χ2v) is 7.15. The highest BCUT2D eigenvalue weighted by Gasteiger charge is 2.35. The quantitative estimate of drug-likeness (QED) is 0.900. The van der Waals surface area contributed by atoms with Gasteiger partial charge in [-0.1, -0.05) is 12.1 Å². The van der Waals surface area contributed by atoms with Gasteiger partial charge in [-0.15, -0.1) is 0 Å². The number of piperidine rings is 1. The Bertz CT molecular complexity index is 590. The lowest BCUT2D eigenvalue weighted by atomic mass is 9.91. The number of rotatable bonds is 4. The zero-order chi connectivity index (χ0) is 17.8. The number of benzene rings is 1. The van der Waals surface area contributed by atoms with Crippen molar-refractivity contribution in [3.8, 4) is 0 Å². The number of halogens is 1. The molecule has 5 nitrogen and oxygen atoms in total. The summed E-state index contributed by atoms with van der Waals surface area (Å²) < 4.78 is 19.2. The van der Waals surface area contributed by atoms with E-state index in [1.54, 1.807) is 6.07 Å². The molecule has 2 saturated heterocycles. The lowest BCUT2D eigenvalue weighted by Crippen LogP contribution is -2.51. The van der Waals surface area contributed by atoms with E-state index in [0.29, 0.717) is 38.8 Å². The molecular weight excluding hydrogens is 321 g/mol. The largest absolute Gasteiger partial charge is 0.379 e. The van der Waals surface area contributed by atoms with Gasteiger partial charge in [0.1, 0.15) is 11.9 Å². The predicted molar refractivity (Wildman–Crippen MR) is 94.5 cm³/mol. The van der Waals surface area contributed by atoms with E-state index in [1.807, 2.05) is 17.9 Å². The van der Waals surface area contributed by atoms with Gasteiger partial charge in [0.2, 0.25) is 5.91 Å². The Morgan fingerprint density at radius 1 is 1.32 bits per heavy atom. The minimum absolute atomic E-state index is 0.0536. The molecule has 0 saturated carbocycles. The fraction of sp³-hybridized carbons (Fsp3) is 0.632. The number of hydrogen-bond donors (Lipinski definition) is 1. The first-order valence-corrected chi connectivity index (χ1v) is 9.18. The third-order valence-electron chi connectivity index (χ3n) is 5.32. The maximum Gasteiger partial charge on any atom is 0.244 e. The Kier molecular flexibility index (Phi) is 6.04. The van der Waals surface area contributed by atoms with Gasteiger partial charge in [0.25, 0.3) is 0 Å². The Hall–Kier alpha value is -1.50. The van der Waals surface area contributed by atoms with E-state index >= 15 is 0 Å². The number of ether oxygens (including phenoxy) is 1. The zero-order valence-corrected chi connectivity index (χ0v) is 14.9. The van der Waals surface area contributed by atoms with E-state index in [0.717, 1.165) is 24.9 Å². The molecule has 0 aromatic heterocycles. The number of hydrogen-bond acceptors (Lipinski definition) is 4. The van der Waals surface area contributed by atoms with Crippen LogP contribution >= 0.6 is 0 Å². The first-order chi connectivity index (χ1) is 12.1. The summed E-state index contributed by atoms with van der Waals surface area (Å²) in [4.78, 5) is 17.4. The van der Waals surface area contributed by atoms with Crippen LogP contribution in [0.4, 0.5) is 4.39 Å². The number of amides is 1. The highest BCUT2D eigenvalue weighted by Crippen LogP contribution is 2.28. The minimum atomic E-state index is -0.452. The number of likely N-dealkylation sites (tertiary alicyclic amines) is 1. The Labute approximate surface area is 148 Å². The molecule has 3 atom stereocenters. The molecule has 6 heteroatoms. The molecule has 138 valence electrons. The lowest BCUT2D eigenvalue weighted by Gasteiger charge is -2.40. The molecule has 1 aromatic carbocycles. The van der Waals surface area contributed by atoms with Crippen LogP contribution in [0.5, 0.6) is 0 Å². The van der Waals surface area contributed by atoms with Crippen molar-refractivity contribution in [2.75, 3.05) is 39.4 Å². The van der Waals surface area contributed by atoms with Crippen LogP contribution in [0.15, 0.2) is 24.3 Å². The van der Waals surface area contributed by atoms with Crippen molar-refractivity contribution >= 4 is 5.91 Å². The number of carbonyl (C=O) groups excluding carboxylic acids is 1. The van der Waals surface area contributed by atoms with Gasteiger partial charge in [-0.25, -0.2) is 4.39 Å². The highest BCUT2D eigenvalue weighted by molar-refractivity contribution is 5.83. The van der Waals surface area contributed by atoms with Crippen molar-refractivity contribution < 1.29 is 13.9 Å². The molecule has 0 spiro atoms. The second-order valence-electron chi connectivity index (χ2n) is 7.15. The van der Waals surface area contributed by atoms with E-state index in [1.165, 1.54) is 12.1 Å². The van der Waals surface area contributed by atoms with Crippen LogP contribution < -0.4 is 5.73 Å². The molecule has 0 unspecified atom stereocenters. The van der Waals surface area contributed by atoms with E-state index in [9.17, 15) is 9.18 Å². The maximum absolute atomic E-state index is 13.8. The standard InChI is InChI=1S/C19H28FN3O2/c1-14(21)16-5-3-7-23(13-16)19(24)18(22-8-10-25-11-9-22)15-4-2-6-17(20)12-15/h2,4,6,12,14,16,18H,3,5,7-11,13,21H2,1H3/t14-,16-,18+/m0/s1. The van der Waals surface area contributed by atoms with Crippen LogP contribution in [0.25, 0.3) is 0 Å². The van der Waals surface area contributed by atoms with Crippen molar-refractivity contribution in [3.05, 3.63) is 35.6 Å². The van der Waals surface area contributed by atoms with E-state index < -0.39 is 6.04 Å². The van der Waals surface area contributed by atoms with Gasteiger partial charge in [0.05, 0.1) is 13.2 Å². The number of nitrogens with two attached hydrogens (primary N) is 1. The van der Waals surface area contributed by atoms with Gasteiger partial charge in [0.15, 0.2) is 0 Å². The molecule has 2 aliphatic heterocycles. The normalized spacial score (nSPS) is 24.8. The van der Waals surface area contributed by atoms with Gasteiger partial charge < -0.3 is 15.4 Å². The summed E-state index contributed by atoms with van der Waals surface area (Å²) in [5, 5.41) is 0. The zero-order valence-electron chi connectivity index (χ0n) is 14.9. The summed E-state index contributed by atoms with van der Waals surface area (Å²) in [5.74, 6) is 0.0732. The van der Waals surface area contributed by atoms with Gasteiger partial charge in [-0.2, -0.15) is 0 Å². The second kappa shape index (κ2) is 8.25. The van der Waals surface area contributed by atoms with E-state index in [-0.39, 0.29) is 17.8 Å². The fourth-order valence-electron chi connectivity index (χ4n) is 3.83. The summed E-state index contributed by atoms with van der Waals surface area (Å²) in [6.45, 7) is 5.99. The minimum Gasteiger partial charge on any atom is -0.379 e. The number of nitrogens with zero attached hydrogens (tertiary/aromatic N) is 2. The number of carbonyl (C=O) groups is 1. The molecule has 0 aliphatic carbocycles. The Morgan fingerprint density at radius 3 is 2.76 bits per heavy atom. The molecule has 3 rings (SSSR count). The van der Waals surface area contributed by atoms with Crippen LogP contribution in [0.1, 0.15) is 31.4 Å². The Balaban J connectivity index is 1.84. The molecule has 0 radical (unpaired) electrons. The average Bonchev–Trinajstić information content (AvgIpc) is 2.63. The molecule has 1 aromatic rings. The van der Waals surface area contributed by atoms with Gasteiger partial charge >= 0.3 is 0 Å². The molecule has 2 fully saturated rings. The lowest BCUT2D eigenvalue weighted by molar-refractivity contribution is -0.141. The van der Waals surface area contributed by atoms with Gasteiger partial charge in [-0.05, 0) is 43.4 Å². The van der Waals surface area contributed by atoms with Crippen LogP contribution in [-0.2, 0) is 9.53 Å².